The van der Waals surface area contributed by atoms with E-state index in [0.29, 0.717) is 16.3 Å². The average Bonchev–Trinajstić information content (AvgIpc) is 3.36. The Morgan fingerprint density at radius 2 is 1.64 bits per heavy atom. The van der Waals surface area contributed by atoms with E-state index in [-0.39, 0.29) is 41.9 Å². The average molecular weight is 485 g/mol. The Bertz CT molecular complexity index is 1290. The SMILES string of the molecule is O=C1CN(S(=O)(=O)c2cccc(C(=O)Nc3ccc(NC(=O)c4cccs4)cc3)c2)CCN1. The van der Waals surface area contributed by atoms with Crippen LogP contribution in [0.25, 0.3) is 0 Å². The largest absolute Gasteiger partial charge is 0.354 e. The zero-order valence-corrected chi connectivity index (χ0v) is 18.9. The Balaban J connectivity index is 1.43. The lowest BCUT2D eigenvalue weighted by Crippen LogP contribution is -2.49. The highest BCUT2D eigenvalue weighted by Crippen LogP contribution is 2.20. The van der Waals surface area contributed by atoms with Crippen LogP contribution in [0.1, 0.15) is 20.0 Å². The predicted octanol–water partition coefficient (Wildman–Crippen LogP) is 2.37. The van der Waals surface area contributed by atoms with Crippen LogP contribution in [-0.4, -0.2) is 50.1 Å². The summed E-state index contributed by atoms with van der Waals surface area (Å²) in [6.07, 6.45) is 0. The third kappa shape index (κ3) is 5.28. The molecule has 33 heavy (non-hydrogen) atoms. The highest BCUT2D eigenvalue weighted by Gasteiger charge is 2.29. The highest BCUT2D eigenvalue weighted by atomic mass is 32.2. The molecule has 0 radical (unpaired) electrons. The molecule has 11 heteroatoms. The monoisotopic (exact) mass is 484 g/mol. The van der Waals surface area contributed by atoms with Crippen LogP contribution in [0.4, 0.5) is 11.4 Å². The molecule has 0 atom stereocenters. The number of sulfonamides is 1. The van der Waals surface area contributed by atoms with E-state index in [1.807, 2.05) is 5.38 Å². The third-order valence-corrected chi connectivity index (χ3v) is 7.59. The number of anilines is 2. The maximum atomic E-state index is 12.9. The molecule has 1 aliphatic heterocycles. The van der Waals surface area contributed by atoms with Gasteiger partial charge in [0.1, 0.15) is 0 Å². The quantitative estimate of drug-likeness (QED) is 0.496. The first-order chi connectivity index (χ1) is 15.8. The molecule has 3 amide bonds. The number of nitrogens with zero attached hydrogens (tertiary/aromatic N) is 1. The van der Waals surface area contributed by atoms with Crippen LogP contribution in [0.5, 0.6) is 0 Å². The van der Waals surface area contributed by atoms with Crippen LogP contribution in [-0.2, 0) is 14.8 Å². The molecule has 3 N–H and O–H groups in total. The minimum Gasteiger partial charge on any atom is -0.354 e. The summed E-state index contributed by atoms with van der Waals surface area (Å²) in [4.78, 5) is 36.9. The molecule has 1 aromatic heterocycles. The predicted molar refractivity (Wildman–Crippen MR) is 125 cm³/mol. The molecule has 9 nitrogen and oxygen atoms in total. The van der Waals surface area contributed by atoms with Crippen molar-refractivity contribution in [2.75, 3.05) is 30.3 Å². The van der Waals surface area contributed by atoms with Crippen LogP contribution < -0.4 is 16.0 Å². The number of hydrogen-bond acceptors (Lipinski definition) is 6. The molecule has 0 unspecified atom stereocenters. The highest BCUT2D eigenvalue weighted by molar-refractivity contribution is 7.89. The van der Waals surface area contributed by atoms with Gasteiger partial charge in [0.25, 0.3) is 11.8 Å². The summed E-state index contributed by atoms with van der Waals surface area (Å²) >= 11 is 1.34. The number of rotatable bonds is 6. The van der Waals surface area contributed by atoms with Crippen LogP contribution in [0.3, 0.4) is 0 Å². The number of carbonyl (C=O) groups is 3. The molecule has 4 rings (SSSR count). The van der Waals surface area contributed by atoms with E-state index in [4.69, 9.17) is 0 Å². The van der Waals surface area contributed by atoms with E-state index in [0.717, 1.165) is 4.31 Å². The van der Waals surface area contributed by atoms with Crippen LogP contribution in [0.2, 0.25) is 0 Å². The maximum Gasteiger partial charge on any atom is 0.265 e. The van der Waals surface area contributed by atoms with Gasteiger partial charge in [-0.1, -0.05) is 12.1 Å². The summed E-state index contributed by atoms with van der Waals surface area (Å²) < 4.78 is 26.8. The zero-order chi connectivity index (χ0) is 23.4. The molecule has 1 saturated heterocycles. The Morgan fingerprint density at radius 1 is 0.939 bits per heavy atom. The van der Waals surface area contributed by atoms with Crippen molar-refractivity contribution in [1.82, 2.24) is 9.62 Å². The van der Waals surface area contributed by atoms with Gasteiger partial charge >= 0.3 is 0 Å². The van der Waals surface area contributed by atoms with Crippen molar-refractivity contribution in [3.8, 4) is 0 Å². The first-order valence-electron chi connectivity index (χ1n) is 9.96. The van der Waals surface area contributed by atoms with Crippen LogP contribution >= 0.6 is 11.3 Å². The summed E-state index contributed by atoms with van der Waals surface area (Å²) in [6, 6.07) is 15.8. The Hall–Kier alpha value is -3.54. The van der Waals surface area contributed by atoms with Gasteiger partial charge in [0.05, 0.1) is 16.3 Å². The molecule has 0 saturated carbocycles. The van der Waals surface area contributed by atoms with E-state index in [9.17, 15) is 22.8 Å². The molecule has 0 aliphatic carbocycles. The van der Waals surface area contributed by atoms with Crippen molar-refractivity contribution >= 4 is 50.5 Å². The van der Waals surface area contributed by atoms with Gasteiger partial charge in [-0.15, -0.1) is 11.3 Å². The second-order valence-electron chi connectivity index (χ2n) is 7.18. The van der Waals surface area contributed by atoms with Gasteiger partial charge in [0.2, 0.25) is 15.9 Å². The second-order valence-corrected chi connectivity index (χ2v) is 10.1. The van der Waals surface area contributed by atoms with E-state index in [1.165, 1.54) is 35.6 Å². The van der Waals surface area contributed by atoms with E-state index < -0.39 is 15.9 Å². The lowest BCUT2D eigenvalue weighted by Gasteiger charge is -2.26. The summed E-state index contributed by atoms with van der Waals surface area (Å²) in [6.45, 7) is 0.149. The molecular formula is C22H20N4O5S2. The molecule has 2 aromatic carbocycles. The van der Waals surface area contributed by atoms with E-state index in [2.05, 4.69) is 16.0 Å². The van der Waals surface area contributed by atoms with Crippen molar-refractivity contribution in [3.63, 3.8) is 0 Å². The lowest BCUT2D eigenvalue weighted by atomic mass is 10.2. The number of thiophene rings is 1. The third-order valence-electron chi connectivity index (χ3n) is 4.88. The van der Waals surface area contributed by atoms with Crippen LogP contribution in [0.15, 0.2) is 70.9 Å². The molecule has 3 aromatic rings. The fourth-order valence-corrected chi connectivity index (χ4v) is 5.27. The molecule has 2 heterocycles. The minimum absolute atomic E-state index is 0.0588. The second kappa shape index (κ2) is 9.53. The molecule has 0 spiro atoms. The van der Waals surface area contributed by atoms with Gasteiger partial charge in [0.15, 0.2) is 0 Å². The first-order valence-corrected chi connectivity index (χ1v) is 12.3. The number of carbonyl (C=O) groups excluding carboxylic acids is 3. The molecule has 170 valence electrons. The lowest BCUT2D eigenvalue weighted by molar-refractivity contribution is -0.122. The number of piperazine rings is 1. The van der Waals surface area contributed by atoms with Crippen molar-refractivity contribution in [2.45, 2.75) is 4.90 Å². The molecular weight excluding hydrogens is 464 g/mol. The summed E-state index contributed by atoms with van der Waals surface area (Å²) in [7, 11) is -3.91. The summed E-state index contributed by atoms with van der Waals surface area (Å²) in [5.74, 6) is -1.07. The van der Waals surface area contributed by atoms with Gasteiger partial charge in [-0.25, -0.2) is 8.42 Å². The summed E-state index contributed by atoms with van der Waals surface area (Å²) in [5, 5.41) is 9.88. The minimum atomic E-state index is -3.91. The molecule has 1 fully saturated rings. The standard InChI is InChI=1S/C22H20N4O5S2/c27-20-14-26(11-10-23-20)33(30,31)18-4-1-3-15(13-18)21(28)24-16-6-8-17(9-7-16)25-22(29)19-5-2-12-32-19/h1-9,12-13H,10-11,14H2,(H,23,27)(H,24,28)(H,25,29). The number of benzene rings is 2. The zero-order valence-electron chi connectivity index (χ0n) is 17.3. The summed E-state index contributed by atoms with van der Waals surface area (Å²) in [5.41, 5.74) is 1.22. The van der Waals surface area contributed by atoms with Gasteiger partial charge in [-0.3, -0.25) is 14.4 Å². The molecule has 0 bridgehead atoms. The Kier molecular flexibility index (Phi) is 6.54. The fraction of sp³-hybridized carbons (Fsp3) is 0.136. The van der Waals surface area contributed by atoms with Gasteiger partial charge < -0.3 is 16.0 Å². The normalized spacial score (nSPS) is 14.4. The fourth-order valence-electron chi connectivity index (χ4n) is 3.21. The number of amides is 3. The van der Waals surface area contributed by atoms with Crippen molar-refractivity contribution < 1.29 is 22.8 Å². The van der Waals surface area contributed by atoms with Gasteiger partial charge in [-0.2, -0.15) is 4.31 Å². The first kappa shape index (κ1) is 22.6. The van der Waals surface area contributed by atoms with E-state index in [1.54, 1.807) is 36.4 Å². The maximum absolute atomic E-state index is 12.9. The number of nitrogens with one attached hydrogen (secondary N) is 3. The Morgan fingerprint density at radius 3 is 2.27 bits per heavy atom. The smallest absolute Gasteiger partial charge is 0.265 e. The van der Waals surface area contributed by atoms with Gasteiger partial charge in [0, 0.05) is 30.0 Å². The topological polar surface area (TPSA) is 125 Å². The molecule has 1 aliphatic rings. The van der Waals surface area contributed by atoms with Crippen LogP contribution in [0, 0.1) is 0 Å². The van der Waals surface area contributed by atoms with Crippen molar-refractivity contribution in [2.24, 2.45) is 0 Å². The van der Waals surface area contributed by atoms with Gasteiger partial charge in [-0.05, 0) is 53.9 Å². The Labute approximate surface area is 194 Å². The van der Waals surface area contributed by atoms with Crippen molar-refractivity contribution in [1.29, 1.82) is 0 Å². The van der Waals surface area contributed by atoms with Crippen molar-refractivity contribution in [3.05, 3.63) is 76.5 Å². The number of hydrogen-bond donors (Lipinski definition) is 3. The van der Waals surface area contributed by atoms with E-state index >= 15 is 0 Å².